The van der Waals surface area contributed by atoms with Gasteiger partial charge in [-0.2, -0.15) is 0 Å². The van der Waals surface area contributed by atoms with Crippen LogP contribution in [0.3, 0.4) is 0 Å². The van der Waals surface area contributed by atoms with Crippen LogP contribution in [0.4, 0.5) is 0 Å². The fourth-order valence-electron chi connectivity index (χ4n) is 2.70. The summed E-state index contributed by atoms with van der Waals surface area (Å²) >= 11 is 0. The third-order valence-corrected chi connectivity index (χ3v) is 3.88. The lowest BCUT2D eigenvalue weighted by molar-refractivity contribution is -0.106. The van der Waals surface area contributed by atoms with Gasteiger partial charge in [-0.3, -0.25) is 4.98 Å². The first-order valence-corrected chi connectivity index (χ1v) is 8.12. The number of phenolic OH excluding ortho intramolecular Hbond substituents is 1. The van der Waals surface area contributed by atoms with E-state index >= 15 is 0 Å². The molecule has 1 atom stereocenters. The second-order valence-electron chi connectivity index (χ2n) is 5.41. The number of rotatable bonds is 9. The van der Waals surface area contributed by atoms with Crippen molar-refractivity contribution in [1.82, 2.24) is 4.98 Å². The number of nitrogens with zero attached hydrogens (tertiary/aromatic N) is 1. The zero-order valence-electron chi connectivity index (χ0n) is 13.9. The number of ether oxygens (including phenoxy) is 2. The summed E-state index contributed by atoms with van der Waals surface area (Å²) < 4.78 is 11.8. The van der Waals surface area contributed by atoms with Crippen molar-refractivity contribution in [3.63, 3.8) is 0 Å². The van der Waals surface area contributed by atoms with Crippen LogP contribution in [-0.2, 0) is 21.5 Å². The van der Waals surface area contributed by atoms with Crippen molar-refractivity contribution >= 4 is 0 Å². The maximum atomic E-state index is 10.00. The van der Waals surface area contributed by atoms with E-state index in [2.05, 4.69) is 4.98 Å². The first-order chi connectivity index (χ1) is 11.2. The Labute approximate surface area is 138 Å². The van der Waals surface area contributed by atoms with E-state index in [9.17, 15) is 5.11 Å². The number of phenols is 1. The maximum Gasteiger partial charge on any atom is 0.133 e. The molecule has 0 amide bonds. The summed E-state index contributed by atoms with van der Waals surface area (Å²) in [6, 6.07) is 13.2. The highest BCUT2D eigenvalue weighted by molar-refractivity contribution is 5.32. The molecule has 0 saturated heterocycles. The van der Waals surface area contributed by atoms with Gasteiger partial charge in [-0.25, -0.2) is 0 Å². The van der Waals surface area contributed by atoms with Gasteiger partial charge in [0.2, 0.25) is 0 Å². The smallest absolute Gasteiger partial charge is 0.133 e. The highest BCUT2D eigenvalue weighted by Gasteiger charge is 2.34. The number of aromatic hydroxyl groups is 1. The van der Waals surface area contributed by atoms with Crippen LogP contribution in [0.5, 0.6) is 5.75 Å². The minimum Gasteiger partial charge on any atom is -0.508 e. The Morgan fingerprint density at radius 1 is 1.04 bits per heavy atom. The minimum absolute atomic E-state index is 0.315. The molecule has 1 heterocycles. The number of para-hydroxylation sites is 1. The molecule has 0 aliphatic carbocycles. The van der Waals surface area contributed by atoms with Crippen molar-refractivity contribution in [3.8, 4) is 5.75 Å². The fourth-order valence-corrected chi connectivity index (χ4v) is 2.70. The van der Waals surface area contributed by atoms with E-state index in [1.54, 1.807) is 12.3 Å². The van der Waals surface area contributed by atoms with Crippen molar-refractivity contribution in [2.75, 3.05) is 19.8 Å². The number of benzene rings is 1. The van der Waals surface area contributed by atoms with Crippen LogP contribution < -0.4 is 0 Å². The Balaban J connectivity index is 2.26. The van der Waals surface area contributed by atoms with Crippen molar-refractivity contribution in [2.24, 2.45) is 0 Å². The molecule has 0 bridgehead atoms. The molecule has 0 aliphatic heterocycles. The number of hydrogen-bond acceptors (Lipinski definition) is 4. The van der Waals surface area contributed by atoms with Crippen molar-refractivity contribution in [2.45, 2.75) is 32.3 Å². The molecule has 1 aromatic heterocycles. The number of hydrogen-bond donors (Lipinski definition) is 1. The Morgan fingerprint density at radius 2 is 1.83 bits per heavy atom. The quantitative estimate of drug-likeness (QED) is 0.767. The van der Waals surface area contributed by atoms with Gasteiger partial charge in [-0.05, 0) is 50.5 Å². The molecule has 2 rings (SSSR count). The van der Waals surface area contributed by atoms with Gasteiger partial charge in [0.1, 0.15) is 11.4 Å². The van der Waals surface area contributed by atoms with E-state index < -0.39 is 5.60 Å². The molecule has 1 aromatic carbocycles. The molecule has 4 heteroatoms. The van der Waals surface area contributed by atoms with Crippen LogP contribution in [0.1, 0.15) is 31.5 Å². The Morgan fingerprint density at radius 3 is 2.48 bits per heavy atom. The lowest BCUT2D eigenvalue weighted by Crippen LogP contribution is -2.37. The largest absolute Gasteiger partial charge is 0.508 e. The summed E-state index contributed by atoms with van der Waals surface area (Å²) in [5.74, 6) is 0.315. The SMILES string of the molecule is CCOCC(CCc1ccccc1O)(OCC)c1ccccn1. The van der Waals surface area contributed by atoms with Gasteiger partial charge >= 0.3 is 0 Å². The predicted molar refractivity (Wildman–Crippen MR) is 90.5 cm³/mol. The van der Waals surface area contributed by atoms with E-state index in [4.69, 9.17) is 9.47 Å². The van der Waals surface area contributed by atoms with E-state index in [1.165, 1.54) is 0 Å². The maximum absolute atomic E-state index is 10.00. The third kappa shape index (κ3) is 4.53. The van der Waals surface area contributed by atoms with Crippen molar-refractivity contribution < 1.29 is 14.6 Å². The lowest BCUT2D eigenvalue weighted by atomic mass is 9.91. The molecule has 0 spiro atoms. The van der Waals surface area contributed by atoms with Gasteiger partial charge in [0.05, 0.1) is 12.3 Å². The average Bonchev–Trinajstić information content (AvgIpc) is 2.59. The van der Waals surface area contributed by atoms with Crippen LogP contribution in [0.2, 0.25) is 0 Å². The molecular weight excluding hydrogens is 290 g/mol. The summed E-state index contributed by atoms with van der Waals surface area (Å²) in [6.45, 7) is 5.59. The van der Waals surface area contributed by atoms with E-state index in [1.807, 2.05) is 50.2 Å². The van der Waals surface area contributed by atoms with Crippen molar-refractivity contribution in [3.05, 3.63) is 59.9 Å². The summed E-state index contributed by atoms with van der Waals surface area (Å²) in [7, 11) is 0. The normalized spacial score (nSPS) is 13.7. The number of pyridine rings is 1. The molecular formula is C19H25NO3. The second-order valence-corrected chi connectivity index (χ2v) is 5.41. The average molecular weight is 315 g/mol. The first kappa shape index (κ1) is 17.4. The Hall–Kier alpha value is -1.91. The van der Waals surface area contributed by atoms with Crippen LogP contribution >= 0.6 is 0 Å². The molecule has 23 heavy (non-hydrogen) atoms. The highest BCUT2D eigenvalue weighted by atomic mass is 16.5. The molecule has 124 valence electrons. The van der Waals surface area contributed by atoms with Gasteiger partial charge in [-0.1, -0.05) is 24.3 Å². The monoisotopic (exact) mass is 315 g/mol. The molecule has 0 fully saturated rings. The summed E-state index contributed by atoms with van der Waals surface area (Å²) in [6.07, 6.45) is 3.15. The molecule has 1 N–H and O–H groups in total. The van der Waals surface area contributed by atoms with Gasteiger partial charge in [-0.15, -0.1) is 0 Å². The number of aryl methyl sites for hydroxylation is 1. The van der Waals surface area contributed by atoms with Crippen LogP contribution in [0.25, 0.3) is 0 Å². The minimum atomic E-state index is -0.603. The van der Waals surface area contributed by atoms with Gasteiger partial charge in [0.15, 0.2) is 0 Å². The zero-order chi connectivity index (χ0) is 16.5. The Bertz CT molecular complexity index is 588. The number of aromatic nitrogens is 1. The molecule has 0 saturated carbocycles. The molecule has 2 aromatic rings. The van der Waals surface area contributed by atoms with Crippen LogP contribution in [-0.4, -0.2) is 29.9 Å². The molecule has 4 nitrogen and oxygen atoms in total. The fraction of sp³-hybridized carbons (Fsp3) is 0.421. The topological polar surface area (TPSA) is 51.6 Å². The van der Waals surface area contributed by atoms with E-state index in [0.717, 1.165) is 11.3 Å². The lowest BCUT2D eigenvalue weighted by Gasteiger charge is -2.33. The summed E-state index contributed by atoms with van der Waals surface area (Å²) in [5, 5.41) is 10.00. The zero-order valence-corrected chi connectivity index (χ0v) is 13.9. The van der Waals surface area contributed by atoms with Gasteiger partial charge in [0, 0.05) is 19.4 Å². The van der Waals surface area contributed by atoms with Gasteiger partial charge in [0.25, 0.3) is 0 Å². The van der Waals surface area contributed by atoms with Crippen molar-refractivity contribution in [1.29, 1.82) is 0 Å². The molecule has 0 aliphatic rings. The predicted octanol–water partition coefficient (Wildman–Crippen LogP) is 3.69. The van der Waals surface area contributed by atoms with Gasteiger partial charge < -0.3 is 14.6 Å². The van der Waals surface area contributed by atoms with Crippen LogP contribution in [0, 0.1) is 0 Å². The highest BCUT2D eigenvalue weighted by Crippen LogP contribution is 2.32. The van der Waals surface area contributed by atoms with E-state index in [-0.39, 0.29) is 0 Å². The second kappa shape index (κ2) is 8.65. The molecule has 1 unspecified atom stereocenters. The standard InChI is InChI=1S/C19H25NO3/c1-3-22-15-19(23-4-2,18-11-7-8-14-20-18)13-12-16-9-5-6-10-17(16)21/h5-11,14,21H,3-4,12-13,15H2,1-2H3. The Kier molecular flexibility index (Phi) is 6.56. The third-order valence-electron chi connectivity index (χ3n) is 3.88. The summed E-state index contributed by atoms with van der Waals surface area (Å²) in [5.41, 5.74) is 1.17. The summed E-state index contributed by atoms with van der Waals surface area (Å²) in [4.78, 5) is 4.49. The van der Waals surface area contributed by atoms with E-state index in [0.29, 0.717) is 38.4 Å². The first-order valence-electron chi connectivity index (χ1n) is 8.12. The van der Waals surface area contributed by atoms with Crippen LogP contribution in [0.15, 0.2) is 48.7 Å². The molecule has 0 radical (unpaired) electrons.